The van der Waals surface area contributed by atoms with E-state index in [1.54, 1.807) is 0 Å². The molecule has 0 radical (unpaired) electrons. The minimum absolute atomic E-state index is 0.741. The van der Waals surface area contributed by atoms with Gasteiger partial charge in [0.15, 0.2) is 5.96 Å². The summed E-state index contributed by atoms with van der Waals surface area (Å²) in [5.41, 5.74) is 2.41. The van der Waals surface area contributed by atoms with E-state index in [9.17, 15) is 0 Å². The van der Waals surface area contributed by atoms with Gasteiger partial charge in [-0.1, -0.05) is 17.7 Å². The number of likely N-dealkylation sites (N-methyl/N-ethyl adjacent to an activating group) is 1. The smallest absolute Gasteiger partial charge is 0.194 e. The fourth-order valence-corrected chi connectivity index (χ4v) is 4.33. The van der Waals surface area contributed by atoms with E-state index >= 15 is 0 Å². The maximum absolute atomic E-state index is 6.16. The Morgan fingerprint density at radius 2 is 1.74 bits per heavy atom. The second kappa shape index (κ2) is 10.2. The van der Waals surface area contributed by atoms with Gasteiger partial charge in [0.05, 0.1) is 0 Å². The Kier molecular flexibility index (Phi) is 7.14. The van der Waals surface area contributed by atoms with E-state index in [0.717, 1.165) is 75.7 Å². The van der Waals surface area contributed by atoms with Gasteiger partial charge >= 0.3 is 0 Å². The Morgan fingerprint density at radius 3 is 2.45 bits per heavy atom. The molecule has 166 valence electrons. The van der Waals surface area contributed by atoms with Crippen LogP contribution in [-0.2, 0) is 6.54 Å². The van der Waals surface area contributed by atoms with Gasteiger partial charge in [-0.05, 0) is 42.9 Å². The first kappa shape index (κ1) is 21.7. The lowest BCUT2D eigenvalue weighted by molar-refractivity contribution is 0.312. The predicted octanol–water partition coefficient (Wildman–Crippen LogP) is 2.38. The largest absolute Gasteiger partial charge is 0.368 e. The molecule has 8 heteroatoms. The number of guanidine groups is 1. The lowest BCUT2D eigenvalue weighted by Gasteiger charge is -2.37. The molecule has 7 nitrogen and oxygen atoms in total. The predicted molar refractivity (Wildman–Crippen MR) is 129 cm³/mol. The van der Waals surface area contributed by atoms with Crippen molar-refractivity contribution < 1.29 is 0 Å². The normalized spacial score (nSPS) is 18.4. The number of hydrogen-bond donors (Lipinski definition) is 1. The molecule has 1 aromatic carbocycles. The van der Waals surface area contributed by atoms with Crippen molar-refractivity contribution in [3.63, 3.8) is 0 Å². The van der Waals surface area contributed by atoms with Gasteiger partial charge < -0.3 is 24.9 Å². The van der Waals surface area contributed by atoms with Crippen LogP contribution in [0.2, 0.25) is 5.02 Å². The van der Waals surface area contributed by atoms with Crippen molar-refractivity contribution in [3.05, 3.63) is 53.2 Å². The van der Waals surface area contributed by atoms with E-state index in [4.69, 9.17) is 11.6 Å². The molecule has 0 atom stereocenters. The van der Waals surface area contributed by atoms with Crippen molar-refractivity contribution in [3.8, 4) is 0 Å². The third kappa shape index (κ3) is 5.60. The Morgan fingerprint density at radius 1 is 1.00 bits per heavy atom. The monoisotopic (exact) mass is 441 g/mol. The Balaban J connectivity index is 1.31. The van der Waals surface area contributed by atoms with Crippen LogP contribution in [0.1, 0.15) is 5.56 Å². The molecular formula is C23H32ClN7. The zero-order valence-corrected chi connectivity index (χ0v) is 19.2. The summed E-state index contributed by atoms with van der Waals surface area (Å²) >= 11 is 6.16. The first-order valence-electron chi connectivity index (χ1n) is 11.0. The molecule has 0 aliphatic carbocycles. The van der Waals surface area contributed by atoms with E-state index in [0.29, 0.717) is 0 Å². The van der Waals surface area contributed by atoms with Crippen molar-refractivity contribution in [1.82, 2.24) is 20.1 Å². The lowest BCUT2D eigenvalue weighted by Crippen LogP contribution is -2.52. The van der Waals surface area contributed by atoms with Gasteiger partial charge in [0.2, 0.25) is 0 Å². The van der Waals surface area contributed by atoms with Crippen LogP contribution in [0.4, 0.5) is 11.5 Å². The molecule has 0 saturated carbocycles. The third-order valence-electron chi connectivity index (χ3n) is 6.05. The van der Waals surface area contributed by atoms with E-state index < -0.39 is 0 Å². The van der Waals surface area contributed by atoms with Crippen molar-refractivity contribution in [2.24, 2.45) is 4.99 Å². The maximum atomic E-state index is 6.16. The van der Waals surface area contributed by atoms with Gasteiger partial charge in [-0.25, -0.2) is 4.98 Å². The average Bonchev–Trinajstić information content (AvgIpc) is 2.80. The number of aliphatic imine (C=N–C) groups is 1. The summed E-state index contributed by atoms with van der Waals surface area (Å²) in [6.07, 6.45) is 1.91. The first-order valence-corrected chi connectivity index (χ1v) is 11.3. The summed E-state index contributed by atoms with van der Waals surface area (Å²) in [6.45, 7) is 8.70. The zero-order chi connectivity index (χ0) is 21.6. The fourth-order valence-electron chi connectivity index (χ4n) is 4.14. The van der Waals surface area contributed by atoms with Crippen LogP contribution >= 0.6 is 11.6 Å². The summed E-state index contributed by atoms with van der Waals surface area (Å²) in [5, 5.41) is 4.32. The molecular weight excluding hydrogens is 410 g/mol. The van der Waals surface area contributed by atoms with Gasteiger partial charge in [-0.3, -0.25) is 4.99 Å². The Bertz CT molecular complexity index is 887. The number of nitrogens with zero attached hydrogens (tertiary/aromatic N) is 6. The number of benzene rings is 1. The van der Waals surface area contributed by atoms with Gasteiger partial charge in [0, 0.05) is 82.9 Å². The van der Waals surface area contributed by atoms with Crippen LogP contribution in [0.3, 0.4) is 0 Å². The molecule has 0 bridgehead atoms. The summed E-state index contributed by atoms with van der Waals surface area (Å²) in [6, 6.07) is 12.4. The molecule has 1 N–H and O–H groups in total. The summed E-state index contributed by atoms with van der Waals surface area (Å²) in [7, 11) is 4.03. The van der Waals surface area contributed by atoms with E-state index in [2.05, 4.69) is 60.1 Å². The average molecular weight is 442 g/mol. The van der Waals surface area contributed by atoms with Crippen LogP contribution in [0.25, 0.3) is 0 Å². The number of rotatable bonds is 4. The number of nitrogens with one attached hydrogen (secondary N) is 1. The van der Waals surface area contributed by atoms with Gasteiger partial charge in [-0.2, -0.15) is 0 Å². The van der Waals surface area contributed by atoms with Crippen LogP contribution in [0, 0.1) is 0 Å². The third-order valence-corrected chi connectivity index (χ3v) is 6.29. The molecule has 1 aromatic heterocycles. The van der Waals surface area contributed by atoms with E-state index in [1.165, 1.54) is 11.3 Å². The minimum Gasteiger partial charge on any atom is -0.368 e. The van der Waals surface area contributed by atoms with Crippen LogP contribution in [0.5, 0.6) is 0 Å². The van der Waals surface area contributed by atoms with Crippen molar-refractivity contribution in [2.75, 3.05) is 76.3 Å². The fraction of sp³-hybridized carbons (Fsp3) is 0.478. The molecule has 2 aliphatic heterocycles. The summed E-state index contributed by atoms with van der Waals surface area (Å²) in [4.78, 5) is 18.5. The number of halogens is 1. The second-order valence-corrected chi connectivity index (χ2v) is 8.60. The number of anilines is 2. The number of hydrogen-bond acceptors (Lipinski definition) is 5. The molecule has 2 aromatic rings. The minimum atomic E-state index is 0.741. The van der Waals surface area contributed by atoms with Crippen LogP contribution in [0.15, 0.2) is 47.6 Å². The number of pyridine rings is 1. The Hall–Kier alpha value is -2.51. The maximum Gasteiger partial charge on any atom is 0.194 e. The van der Waals surface area contributed by atoms with E-state index in [1.807, 2.05) is 31.4 Å². The highest BCUT2D eigenvalue weighted by atomic mass is 35.5. The highest BCUT2D eigenvalue weighted by Crippen LogP contribution is 2.21. The molecule has 2 saturated heterocycles. The standard InChI is InChI=1S/C23H32ClN7/c1-25-23(31-14-12-29(13-15-31)21-5-3-4-20(24)17-21)27-18-19-6-7-26-22(16-19)30-10-8-28(2)9-11-30/h3-7,16-17H,8-15,18H2,1-2H3,(H,25,27). The number of aromatic nitrogens is 1. The van der Waals surface area contributed by atoms with Gasteiger partial charge in [-0.15, -0.1) is 0 Å². The highest BCUT2D eigenvalue weighted by molar-refractivity contribution is 6.30. The molecule has 2 fully saturated rings. The quantitative estimate of drug-likeness (QED) is 0.580. The van der Waals surface area contributed by atoms with Crippen LogP contribution < -0.4 is 15.1 Å². The SMILES string of the molecule is CN=C(NCc1ccnc(N2CCN(C)CC2)c1)N1CCN(c2cccc(Cl)c2)CC1. The van der Waals surface area contributed by atoms with Crippen molar-refractivity contribution in [1.29, 1.82) is 0 Å². The molecule has 0 amide bonds. The topological polar surface area (TPSA) is 50.2 Å². The summed E-state index contributed by atoms with van der Waals surface area (Å²) < 4.78 is 0. The number of piperazine rings is 2. The van der Waals surface area contributed by atoms with Gasteiger partial charge in [0.1, 0.15) is 5.82 Å². The van der Waals surface area contributed by atoms with Crippen LogP contribution in [-0.4, -0.2) is 87.2 Å². The summed E-state index contributed by atoms with van der Waals surface area (Å²) in [5.74, 6) is 2.02. The zero-order valence-electron chi connectivity index (χ0n) is 18.5. The highest BCUT2D eigenvalue weighted by Gasteiger charge is 2.20. The molecule has 0 spiro atoms. The van der Waals surface area contributed by atoms with Crippen molar-refractivity contribution >= 4 is 29.1 Å². The molecule has 3 heterocycles. The second-order valence-electron chi connectivity index (χ2n) is 8.17. The Labute approximate surface area is 190 Å². The first-order chi connectivity index (χ1) is 15.1. The lowest BCUT2D eigenvalue weighted by atomic mass is 10.2. The van der Waals surface area contributed by atoms with E-state index in [-0.39, 0.29) is 0 Å². The molecule has 2 aliphatic rings. The molecule has 31 heavy (non-hydrogen) atoms. The van der Waals surface area contributed by atoms with Gasteiger partial charge in [0.25, 0.3) is 0 Å². The molecule has 0 unspecified atom stereocenters. The molecule has 4 rings (SSSR count). The van der Waals surface area contributed by atoms with Crippen molar-refractivity contribution in [2.45, 2.75) is 6.54 Å².